The summed E-state index contributed by atoms with van der Waals surface area (Å²) in [7, 11) is -3.45. The monoisotopic (exact) mass is 434 g/mol. The van der Waals surface area contributed by atoms with E-state index in [9.17, 15) is 8.42 Å². The zero-order valence-corrected chi connectivity index (χ0v) is 18.9. The second kappa shape index (κ2) is 19.9. The predicted molar refractivity (Wildman–Crippen MR) is 128 cm³/mol. The Morgan fingerprint density at radius 3 is 1.41 bits per heavy atom. The molecule has 0 radical (unpaired) electrons. The van der Waals surface area contributed by atoms with Crippen LogP contribution >= 0.6 is 0 Å². The van der Waals surface area contributed by atoms with Crippen LogP contribution in [0.25, 0.3) is 0 Å². The van der Waals surface area contributed by atoms with E-state index in [1.165, 1.54) is 83.5 Å². The van der Waals surface area contributed by atoms with E-state index >= 15 is 0 Å². The Labute approximate surface area is 202 Å². The molecule has 1 aromatic carbocycles. The molecule has 1 aromatic rings. The molecule has 0 aromatic heterocycles. The van der Waals surface area contributed by atoms with Crippen molar-refractivity contribution in [3.05, 3.63) is 30.3 Å². The van der Waals surface area contributed by atoms with Gasteiger partial charge in [0.1, 0.15) is 5.75 Å². The van der Waals surface area contributed by atoms with E-state index in [2.05, 4.69) is 6.92 Å². The van der Waals surface area contributed by atoms with Crippen molar-refractivity contribution in [1.29, 1.82) is 0 Å². The van der Waals surface area contributed by atoms with Crippen LogP contribution in [0.4, 0.5) is 0 Å². The summed E-state index contributed by atoms with van der Waals surface area (Å²) in [6, 6.07) is 8.74. The van der Waals surface area contributed by atoms with E-state index in [0.29, 0.717) is 12.2 Å². The van der Waals surface area contributed by atoms with Crippen LogP contribution in [0.15, 0.2) is 30.3 Å². The van der Waals surface area contributed by atoms with Gasteiger partial charge < -0.3 is 4.18 Å². The Balaban J connectivity index is 0.00000784. The number of unbranched alkanes of at least 4 members (excludes halogenated alkanes) is 15. The topological polar surface area (TPSA) is 43.4 Å². The molecule has 5 heteroatoms. The quantitative estimate of drug-likeness (QED) is 0.134. The van der Waals surface area contributed by atoms with Crippen LogP contribution < -0.4 is 4.18 Å². The van der Waals surface area contributed by atoms with Crippen LogP contribution in [0.1, 0.15) is 110 Å². The van der Waals surface area contributed by atoms with Gasteiger partial charge in [-0.25, -0.2) is 0 Å². The molecule has 0 heterocycles. The summed E-state index contributed by atoms with van der Waals surface area (Å²) in [4.78, 5) is 0. The molecule has 0 saturated heterocycles. The van der Waals surface area contributed by atoms with Gasteiger partial charge in [0.2, 0.25) is 0 Å². The Morgan fingerprint density at radius 2 is 1.00 bits per heavy atom. The molecule has 0 aliphatic rings. The van der Waals surface area contributed by atoms with Gasteiger partial charge in [-0.3, -0.25) is 0 Å². The van der Waals surface area contributed by atoms with Crippen LogP contribution in [0.5, 0.6) is 5.75 Å². The number of benzene rings is 1. The molecule has 0 fully saturated rings. The van der Waals surface area contributed by atoms with E-state index in [0.717, 1.165) is 12.8 Å². The third-order valence-corrected chi connectivity index (χ3v) is 6.45. The summed E-state index contributed by atoms with van der Waals surface area (Å²) in [5, 5.41) is 0. The molecule has 3 nitrogen and oxygen atoms in total. The summed E-state index contributed by atoms with van der Waals surface area (Å²) >= 11 is 0. The summed E-state index contributed by atoms with van der Waals surface area (Å²) in [6.45, 7) is 2.27. The molecule has 0 unspecified atom stereocenters. The molecule has 0 aliphatic carbocycles. The van der Waals surface area contributed by atoms with Gasteiger partial charge in [-0.05, 0) is 18.6 Å². The first-order valence-electron chi connectivity index (χ1n) is 11.6. The van der Waals surface area contributed by atoms with E-state index in [1.54, 1.807) is 24.3 Å². The van der Waals surface area contributed by atoms with Gasteiger partial charge in [-0.15, -0.1) is 0 Å². The normalized spacial score (nSPS) is 11.2. The van der Waals surface area contributed by atoms with Gasteiger partial charge in [-0.1, -0.05) is 121 Å². The zero-order valence-electron chi connectivity index (χ0n) is 18.0. The predicted octanol–water partition coefficient (Wildman–Crippen LogP) is 7.01. The Bertz CT molecular complexity index is 561. The van der Waals surface area contributed by atoms with Crippen molar-refractivity contribution in [2.24, 2.45) is 0 Å². The SMILES string of the molecule is CCCCCCCCCCCCCCCCCCS(=O)(=O)Oc1ccccc1.[NaH]. The fraction of sp³-hybridized carbons (Fsp3) is 0.750. The van der Waals surface area contributed by atoms with Crippen molar-refractivity contribution in [2.45, 2.75) is 110 Å². The first-order valence-corrected chi connectivity index (χ1v) is 13.2. The molecule has 0 spiro atoms. The number of hydrogen-bond donors (Lipinski definition) is 0. The Kier molecular flexibility index (Phi) is 19.9. The van der Waals surface area contributed by atoms with Gasteiger partial charge in [0, 0.05) is 0 Å². The molecule has 164 valence electrons. The molecule has 29 heavy (non-hydrogen) atoms. The number of para-hydroxylation sites is 1. The van der Waals surface area contributed by atoms with Crippen LogP contribution in [-0.2, 0) is 10.1 Å². The van der Waals surface area contributed by atoms with Crippen LogP contribution in [0.2, 0.25) is 0 Å². The Morgan fingerprint density at radius 1 is 0.621 bits per heavy atom. The second-order valence-corrected chi connectivity index (χ2v) is 9.65. The van der Waals surface area contributed by atoms with Crippen molar-refractivity contribution in [2.75, 3.05) is 5.75 Å². The first-order chi connectivity index (χ1) is 13.6. The standard InChI is InChI=1S/C24H42O3S.Na.H/c1-2-3-4-5-6-7-8-9-10-11-12-13-14-15-16-20-23-28(25,26)27-24-21-18-17-19-22-24;;/h17-19,21-22H,2-16,20,23H2,1H3;;. The van der Waals surface area contributed by atoms with E-state index < -0.39 is 10.1 Å². The fourth-order valence-electron chi connectivity index (χ4n) is 3.49. The van der Waals surface area contributed by atoms with Gasteiger partial charge in [0.15, 0.2) is 0 Å². The summed E-state index contributed by atoms with van der Waals surface area (Å²) in [6.07, 6.45) is 20.6. The maximum atomic E-state index is 11.9. The molecule has 0 atom stereocenters. The van der Waals surface area contributed by atoms with Gasteiger partial charge in [0.25, 0.3) is 0 Å². The zero-order chi connectivity index (χ0) is 20.3. The second-order valence-electron chi connectivity index (χ2n) is 7.96. The summed E-state index contributed by atoms with van der Waals surface area (Å²) < 4.78 is 28.9. The summed E-state index contributed by atoms with van der Waals surface area (Å²) in [5.41, 5.74) is 0. The van der Waals surface area contributed by atoms with Crippen molar-refractivity contribution in [1.82, 2.24) is 0 Å². The van der Waals surface area contributed by atoms with Crippen molar-refractivity contribution in [3.8, 4) is 5.75 Å². The molecule has 0 N–H and O–H groups in total. The number of hydrogen-bond acceptors (Lipinski definition) is 3. The van der Waals surface area contributed by atoms with Gasteiger partial charge >= 0.3 is 39.7 Å². The molecule has 1 rings (SSSR count). The van der Waals surface area contributed by atoms with Crippen LogP contribution in [0, 0.1) is 0 Å². The molecular formula is C24H43NaO3S. The van der Waals surface area contributed by atoms with Crippen LogP contribution in [-0.4, -0.2) is 43.7 Å². The minimum atomic E-state index is -3.45. The third kappa shape index (κ3) is 18.5. The van der Waals surface area contributed by atoms with Crippen molar-refractivity contribution >= 4 is 39.7 Å². The van der Waals surface area contributed by atoms with Crippen molar-refractivity contribution < 1.29 is 12.6 Å². The van der Waals surface area contributed by atoms with E-state index in [4.69, 9.17) is 4.18 Å². The fourth-order valence-corrected chi connectivity index (χ4v) is 4.54. The molecule has 0 amide bonds. The minimum absolute atomic E-state index is 0. The van der Waals surface area contributed by atoms with E-state index in [1.807, 2.05) is 6.07 Å². The third-order valence-electron chi connectivity index (χ3n) is 5.21. The molecule has 0 saturated carbocycles. The average Bonchev–Trinajstić information content (AvgIpc) is 2.68. The first kappa shape index (κ1) is 29.0. The van der Waals surface area contributed by atoms with Crippen molar-refractivity contribution in [3.63, 3.8) is 0 Å². The maximum absolute atomic E-state index is 11.9. The average molecular weight is 435 g/mol. The molecule has 0 aliphatic heterocycles. The summed E-state index contributed by atoms with van der Waals surface area (Å²) in [5.74, 6) is 0.513. The Hall–Kier alpha value is -0.0300. The van der Waals surface area contributed by atoms with E-state index in [-0.39, 0.29) is 35.3 Å². The molecular weight excluding hydrogens is 391 g/mol. The van der Waals surface area contributed by atoms with Crippen LogP contribution in [0.3, 0.4) is 0 Å². The molecule has 0 bridgehead atoms. The van der Waals surface area contributed by atoms with Gasteiger partial charge in [-0.2, -0.15) is 8.42 Å². The number of rotatable bonds is 19. The van der Waals surface area contributed by atoms with Gasteiger partial charge in [0.05, 0.1) is 5.75 Å².